The molecule has 1 amide bonds. The zero-order chi connectivity index (χ0) is 27.8. The Morgan fingerprint density at radius 1 is 1.16 bits per heavy atom. The third-order valence-electron chi connectivity index (χ3n) is 6.38. The molecule has 2 aliphatic rings. The Morgan fingerprint density at radius 2 is 1.84 bits per heavy atom. The number of carbonyl (C=O) groups excluding carboxylic acids is 2. The summed E-state index contributed by atoms with van der Waals surface area (Å²) in [5, 5.41) is 14.6. The number of nitrogens with one attached hydrogen (secondary N) is 2. The van der Waals surface area contributed by atoms with Crippen molar-refractivity contribution in [3.63, 3.8) is 0 Å². The zero-order valence-electron chi connectivity index (χ0n) is 23.0. The summed E-state index contributed by atoms with van der Waals surface area (Å²) in [6.07, 6.45) is 6.57. The van der Waals surface area contributed by atoms with E-state index in [0.29, 0.717) is 18.0 Å². The quantitative estimate of drug-likeness (QED) is 0.132. The smallest absolute Gasteiger partial charge is 0.408 e. The molecule has 2 aliphatic heterocycles. The number of hydrogen-bond donors (Lipinski definition) is 3. The Balaban J connectivity index is 2.00. The first-order valence-corrected chi connectivity index (χ1v) is 17.2. The minimum absolute atomic E-state index is 0.0111. The molecule has 2 rings (SSSR count). The SMILES string of the molecule is CC(C)(C)OC(=O)NC(CNC(=S)[C@H]1[C@@H](CC=CCCC(=O)O)[C@@H]2CC[C@H]1O2)C(=O)OCC[Si](C)(C)C. The average molecular weight is 557 g/mol. The summed E-state index contributed by atoms with van der Waals surface area (Å²) in [5.41, 5.74) is -0.704. The molecule has 0 radical (unpaired) electrons. The molecule has 2 bridgehead atoms. The van der Waals surface area contributed by atoms with E-state index in [1.807, 2.05) is 12.2 Å². The fourth-order valence-corrected chi connectivity index (χ4v) is 5.66. The van der Waals surface area contributed by atoms with Gasteiger partial charge in [0.2, 0.25) is 0 Å². The molecule has 2 fully saturated rings. The number of fused-ring (bicyclic) bond motifs is 2. The molecule has 9 nitrogen and oxygen atoms in total. The van der Waals surface area contributed by atoms with Crippen LogP contribution in [0.3, 0.4) is 0 Å². The van der Waals surface area contributed by atoms with Gasteiger partial charge in [-0.15, -0.1) is 0 Å². The van der Waals surface area contributed by atoms with Crippen LogP contribution < -0.4 is 10.6 Å². The monoisotopic (exact) mass is 556 g/mol. The molecule has 2 saturated heterocycles. The summed E-state index contributed by atoms with van der Waals surface area (Å²) < 4.78 is 17.0. The second-order valence-electron chi connectivity index (χ2n) is 12.0. The van der Waals surface area contributed by atoms with Crippen LogP contribution in [0.1, 0.15) is 52.9 Å². The van der Waals surface area contributed by atoms with Crippen molar-refractivity contribution in [1.82, 2.24) is 10.6 Å². The van der Waals surface area contributed by atoms with Gasteiger partial charge in [-0.1, -0.05) is 44.0 Å². The van der Waals surface area contributed by atoms with Crippen LogP contribution in [0, 0.1) is 11.8 Å². The van der Waals surface area contributed by atoms with Crippen LogP contribution in [0.25, 0.3) is 0 Å². The van der Waals surface area contributed by atoms with Crippen molar-refractivity contribution in [2.45, 2.75) is 102 Å². The van der Waals surface area contributed by atoms with E-state index < -0.39 is 37.7 Å². The second-order valence-corrected chi connectivity index (χ2v) is 18.1. The lowest BCUT2D eigenvalue weighted by Gasteiger charge is -2.29. The van der Waals surface area contributed by atoms with Crippen molar-refractivity contribution in [3.8, 4) is 0 Å². The van der Waals surface area contributed by atoms with Crippen molar-refractivity contribution in [2.75, 3.05) is 13.2 Å². The van der Waals surface area contributed by atoms with Crippen LogP contribution in [0.15, 0.2) is 12.2 Å². The first-order valence-electron chi connectivity index (χ1n) is 13.1. The van der Waals surface area contributed by atoms with E-state index in [9.17, 15) is 14.4 Å². The van der Waals surface area contributed by atoms with Crippen molar-refractivity contribution in [1.29, 1.82) is 0 Å². The Hall–Kier alpha value is -1.98. The molecular weight excluding hydrogens is 512 g/mol. The maximum Gasteiger partial charge on any atom is 0.408 e. The number of hydrogen-bond acceptors (Lipinski definition) is 7. The Labute approximate surface area is 227 Å². The maximum atomic E-state index is 12.9. The number of carboxylic acid groups (broad SMARTS) is 1. The van der Waals surface area contributed by atoms with Crippen LogP contribution in [0.2, 0.25) is 25.7 Å². The summed E-state index contributed by atoms with van der Waals surface area (Å²) >= 11 is 5.75. The van der Waals surface area contributed by atoms with Gasteiger partial charge in [-0.3, -0.25) is 4.79 Å². The van der Waals surface area contributed by atoms with Gasteiger partial charge in [0, 0.05) is 32.9 Å². The Kier molecular flexibility index (Phi) is 11.6. The van der Waals surface area contributed by atoms with E-state index in [1.54, 1.807) is 20.8 Å². The third-order valence-corrected chi connectivity index (χ3v) is 8.50. The van der Waals surface area contributed by atoms with Gasteiger partial charge in [0.05, 0.1) is 23.8 Å². The molecule has 0 aromatic heterocycles. The van der Waals surface area contributed by atoms with Crippen molar-refractivity contribution < 1.29 is 33.7 Å². The van der Waals surface area contributed by atoms with Crippen LogP contribution >= 0.6 is 12.2 Å². The Bertz CT molecular complexity index is 853. The molecule has 0 spiro atoms. The van der Waals surface area contributed by atoms with Crippen molar-refractivity contribution in [2.24, 2.45) is 11.8 Å². The van der Waals surface area contributed by atoms with E-state index >= 15 is 0 Å². The largest absolute Gasteiger partial charge is 0.481 e. The number of amides is 1. The summed E-state index contributed by atoms with van der Waals surface area (Å²) in [6, 6.07) is -0.128. The highest BCUT2D eigenvalue weighted by Gasteiger charge is 2.50. The highest BCUT2D eigenvalue weighted by atomic mass is 32.1. The standard InChI is InChI=1S/C26H44N2O7SSi/c1-26(2,3)35-25(32)28-18(24(31)33-14-15-37(4,5)6)16-27-23(36)22-17(19-12-13-20(22)34-19)10-8-7-9-11-21(29)30/h7-8,17-20,22H,9-16H2,1-6H3,(H,27,36)(H,28,32)(H,29,30)/t17-,18?,19-,20+,22-/m0/s1. The van der Waals surface area contributed by atoms with Gasteiger partial charge in [-0.25, -0.2) is 9.59 Å². The number of carbonyl (C=O) groups is 3. The molecule has 2 heterocycles. The molecule has 1 unspecified atom stereocenters. The van der Waals surface area contributed by atoms with Crippen molar-refractivity contribution >= 4 is 43.3 Å². The molecule has 0 aromatic carbocycles. The van der Waals surface area contributed by atoms with Gasteiger partial charge in [0.1, 0.15) is 11.6 Å². The topological polar surface area (TPSA) is 123 Å². The van der Waals surface area contributed by atoms with Crippen LogP contribution in [-0.4, -0.2) is 73.2 Å². The first-order chi connectivity index (χ1) is 17.2. The number of rotatable bonds is 13. The second kappa shape index (κ2) is 13.7. The van der Waals surface area contributed by atoms with Crippen LogP contribution in [0.4, 0.5) is 4.79 Å². The van der Waals surface area contributed by atoms with Gasteiger partial charge in [-0.05, 0) is 52.5 Å². The summed E-state index contributed by atoms with van der Waals surface area (Å²) in [5.74, 6) is -1.17. The maximum absolute atomic E-state index is 12.9. The first kappa shape index (κ1) is 31.2. The molecular formula is C26H44N2O7SSi. The predicted molar refractivity (Wildman–Crippen MR) is 148 cm³/mol. The van der Waals surface area contributed by atoms with Gasteiger partial charge < -0.3 is 30.0 Å². The molecule has 5 atom stereocenters. The van der Waals surface area contributed by atoms with Gasteiger partial charge >= 0.3 is 18.0 Å². The number of thiocarbonyl (C=S) groups is 1. The molecule has 37 heavy (non-hydrogen) atoms. The van der Waals surface area contributed by atoms with E-state index in [-0.39, 0.29) is 37.0 Å². The molecule has 11 heteroatoms. The van der Waals surface area contributed by atoms with Crippen molar-refractivity contribution in [3.05, 3.63) is 12.2 Å². The summed E-state index contributed by atoms with van der Waals surface area (Å²) in [6.45, 7) is 12.3. The van der Waals surface area contributed by atoms with E-state index in [1.165, 1.54) is 0 Å². The molecule has 0 aliphatic carbocycles. The number of alkyl carbamates (subject to hydrolysis) is 1. The average Bonchev–Trinajstić information content (AvgIpc) is 3.35. The summed E-state index contributed by atoms with van der Waals surface area (Å²) in [7, 11) is -1.39. The normalized spacial score (nSPS) is 24.1. The van der Waals surface area contributed by atoms with Crippen LogP contribution in [-0.2, 0) is 23.8 Å². The lowest BCUT2D eigenvalue weighted by molar-refractivity contribution is -0.145. The van der Waals surface area contributed by atoms with E-state index in [4.69, 9.17) is 31.5 Å². The highest BCUT2D eigenvalue weighted by molar-refractivity contribution is 7.80. The fraction of sp³-hybridized carbons (Fsp3) is 0.769. The van der Waals surface area contributed by atoms with E-state index in [0.717, 1.165) is 25.3 Å². The van der Waals surface area contributed by atoms with Gasteiger partial charge in [0.15, 0.2) is 0 Å². The fourth-order valence-electron chi connectivity index (χ4n) is 4.54. The number of allylic oxidation sites excluding steroid dienone is 2. The van der Waals surface area contributed by atoms with E-state index in [2.05, 4.69) is 30.3 Å². The number of carboxylic acids is 1. The van der Waals surface area contributed by atoms with Crippen LogP contribution in [0.5, 0.6) is 0 Å². The number of ether oxygens (including phenoxy) is 3. The number of esters is 1. The summed E-state index contributed by atoms with van der Waals surface area (Å²) in [4.78, 5) is 36.6. The lowest BCUT2D eigenvalue weighted by atomic mass is 9.77. The highest BCUT2D eigenvalue weighted by Crippen LogP contribution is 2.45. The molecule has 210 valence electrons. The lowest BCUT2D eigenvalue weighted by Crippen LogP contribution is -2.52. The predicted octanol–water partition coefficient (Wildman–Crippen LogP) is 4.28. The minimum Gasteiger partial charge on any atom is -0.481 e. The Morgan fingerprint density at radius 3 is 2.46 bits per heavy atom. The molecule has 0 saturated carbocycles. The molecule has 3 N–H and O–H groups in total. The minimum atomic E-state index is -1.39. The third kappa shape index (κ3) is 11.1. The van der Waals surface area contributed by atoms with Gasteiger partial charge in [-0.2, -0.15) is 0 Å². The number of aliphatic carboxylic acids is 1. The van der Waals surface area contributed by atoms with Gasteiger partial charge in [0.25, 0.3) is 0 Å². The molecule has 0 aromatic rings. The zero-order valence-corrected chi connectivity index (χ0v) is 24.8.